The third-order valence-corrected chi connectivity index (χ3v) is 1.47. The van der Waals surface area contributed by atoms with E-state index in [-0.39, 0.29) is 5.91 Å². The minimum absolute atomic E-state index is 0.0480. The highest BCUT2D eigenvalue weighted by molar-refractivity contribution is 5.77. The lowest BCUT2D eigenvalue weighted by Gasteiger charge is -1.97. The third kappa shape index (κ3) is 2.30. The number of hydrogen-bond donors (Lipinski definition) is 1. The highest BCUT2D eigenvalue weighted by Gasteiger charge is 2.01. The molecule has 64 valence electrons. The number of carbonyl (C=O) groups excluding carboxylic acids is 1. The van der Waals surface area contributed by atoms with Gasteiger partial charge >= 0.3 is 0 Å². The fourth-order valence-electron chi connectivity index (χ4n) is 0.774. The van der Waals surface area contributed by atoms with Crippen molar-refractivity contribution in [3.63, 3.8) is 0 Å². The Hall–Kier alpha value is -1.45. The summed E-state index contributed by atoms with van der Waals surface area (Å²) >= 11 is 0. The summed E-state index contributed by atoms with van der Waals surface area (Å²) in [5, 5.41) is 10.2. The molecule has 1 N–H and O–H groups in total. The van der Waals surface area contributed by atoms with Gasteiger partial charge in [-0.25, -0.2) is 0 Å². The Kier molecular flexibility index (Phi) is 2.74. The Bertz CT molecular complexity index is 268. The second-order valence-corrected chi connectivity index (χ2v) is 2.52. The van der Waals surface area contributed by atoms with E-state index in [4.69, 9.17) is 0 Å². The van der Waals surface area contributed by atoms with Gasteiger partial charge in [-0.05, 0) is 19.1 Å². The molecule has 1 rings (SSSR count). The minimum Gasteiger partial charge on any atom is -0.359 e. The highest BCUT2D eigenvalue weighted by Crippen LogP contribution is 1.95. The Morgan fingerprint density at radius 1 is 1.50 bits per heavy atom. The van der Waals surface area contributed by atoms with Crippen LogP contribution in [0.1, 0.15) is 11.4 Å². The van der Waals surface area contributed by atoms with Gasteiger partial charge in [0.05, 0.1) is 17.8 Å². The maximum absolute atomic E-state index is 10.9. The van der Waals surface area contributed by atoms with E-state index in [2.05, 4.69) is 15.5 Å². The first-order valence-corrected chi connectivity index (χ1v) is 3.72. The normalized spacial score (nSPS) is 9.50. The Labute approximate surface area is 71.0 Å². The average Bonchev–Trinajstić information content (AvgIpc) is 2.09. The quantitative estimate of drug-likeness (QED) is 0.674. The first kappa shape index (κ1) is 8.64. The van der Waals surface area contributed by atoms with Crippen LogP contribution in [0.25, 0.3) is 0 Å². The molecule has 1 aromatic rings. The number of amides is 1. The number of aromatic nitrogens is 2. The Morgan fingerprint density at radius 3 is 2.75 bits per heavy atom. The molecule has 0 bridgehead atoms. The summed E-state index contributed by atoms with van der Waals surface area (Å²) in [7, 11) is 1.60. The summed E-state index contributed by atoms with van der Waals surface area (Å²) in [5.74, 6) is -0.0480. The van der Waals surface area contributed by atoms with Crippen molar-refractivity contribution >= 4 is 5.91 Å². The van der Waals surface area contributed by atoms with Crippen LogP contribution in [0.3, 0.4) is 0 Å². The van der Waals surface area contributed by atoms with Crippen LogP contribution in [-0.4, -0.2) is 23.2 Å². The van der Waals surface area contributed by atoms with Crippen molar-refractivity contribution in [1.82, 2.24) is 15.5 Å². The number of likely N-dealkylation sites (N-methyl/N-ethyl adjacent to an activating group) is 1. The summed E-state index contributed by atoms with van der Waals surface area (Å²) in [6, 6.07) is 3.64. The molecule has 0 aliphatic heterocycles. The van der Waals surface area contributed by atoms with Crippen molar-refractivity contribution in [2.45, 2.75) is 13.3 Å². The number of carbonyl (C=O) groups is 1. The summed E-state index contributed by atoms with van der Waals surface area (Å²) in [6.07, 6.45) is 0.295. The molecule has 4 heteroatoms. The molecule has 0 aliphatic rings. The molecule has 1 aromatic heterocycles. The van der Waals surface area contributed by atoms with E-state index in [1.165, 1.54) is 0 Å². The van der Waals surface area contributed by atoms with Gasteiger partial charge in [-0.3, -0.25) is 4.79 Å². The molecule has 0 atom stereocenters. The first-order valence-electron chi connectivity index (χ1n) is 3.72. The molecule has 1 heterocycles. The number of rotatable bonds is 2. The molecular formula is C8H11N3O. The van der Waals surface area contributed by atoms with E-state index in [0.717, 1.165) is 5.69 Å². The Balaban J connectivity index is 2.64. The van der Waals surface area contributed by atoms with Crippen molar-refractivity contribution in [3.05, 3.63) is 23.5 Å². The molecule has 0 spiro atoms. The zero-order valence-corrected chi connectivity index (χ0v) is 7.16. The van der Waals surface area contributed by atoms with Gasteiger partial charge in [0.2, 0.25) is 5.91 Å². The molecular weight excluding hydrogens is 154 g/mol. The zero-order chi connectivity index (χ0) is 8.97. The molecule has 0 aromatic carbocycles. The number of aryl methyl sites for hydroxylation is 1. The molecule has 12 heavy (non-hydrogen) atoms. The van der Waals surface area contributed by atoms with E-state index in [1.807, 2.05) is 13.0 Å². The van der Waals surface area contributed by atoms with Crippen molar-refractivity contribution in [2.75, 3.05) is 7.05 Å². The van der Waals surface area contributed by atoms with Gasteiger partial charge in [0, 0.05) is 7.05 Å². The minimum atomic E-state index is -0.0480. The molecule has 0 radical (unpaired) electrons. The van der Waals surface area contributed by atoms with E-state index in [1.54, 1.807) is 13.1 Å². The summed E-state index contributed by atoms with van der Waals surface area (Å²) < 4.78 is 0. The number of nitrogens with one attached hydrogen (secondary N) is 1. The standard InChI is InChI=1S/C8H11N3O/c1-6-3-4-7(11-10-6)5-8(12)9-2/h3-4H,5H2,1-2H3,(H,9,12). The fourth-order valence-corrected chi connectivity index (χ4v) is 0.774. The van der Waals surface area contributed by atoms with Crippen molar-refractivity contribution < 1.29 is 4.79 Å². The van der Waals surface area contributed by atoms with Gasteiger partial charge in [0.25, 0.3) is 0 Å². The topological polar surface area (TPSA) is 54.9 Å². The molecule has 0 saturated heterocycles. The van der Waals surface area contributed by atoms with Gasteiger partial charge < -0.3 is 5.32 Å². The number of nitrogens with zero attached hydrogens (tertiary/aromatic N) is 2. The molecule has 0 saturated carbocycles. The van der Waals surface area contributed by atoms with Gasteiger partial charge in [-0.2, -0.15) is 10.2 Å². The monoisotopic (exact) mass is 165 g/mol. The van der Waals surface area contributed by atoms with Gasteiger partial charge in [0.15, 0.2) is 0 Å². The largest absolute Gasteiger partial charge is 0.359 e. The predicted octanol–water partition coefficient (Wildman–Crippen LogP) is 0.0735. The zero-order valence-electron chi connectivity index (χ0n) is 7.16. The lowest BCUT2D eigenvalue weighted by molar-refractivity contribution is -0.120. The predicted molar refractivity (Wildman–Crippen MR) is 44.5 cm³/mol. The van der Waals surface area contributed by atoms with Gasteiger partial charge in [-0.15, -0.1) is 0 Å². The van der Waals surface area contributed by atoms with E-state index < -0.39 is 0 Å². The van der Waals surface area contributed by atoms with Crippen LogP contribution in [0.15, 0.2) is 12.1 Å². The van der Waals surface area contributed by atoms with Crippen LogP contribution in [0.5, 0.6) is 0 Å². The summed E-state index contributed by atoms with van der Waals surface area (Å²) in [5.41, 5.74) is 1.55. The Morgan fingerprint density at radius 2 is 2.25 bits per heavy atom. The second-order valence-electron chi connectivity index (χ2n) is 2.52. The molecule has 4 nitrogen and oxygen atoms in total. The lowest BCUT2D eigenvalue weighted by Crippen LogP contribution is -2.20. The summed E-state index contributed by atoms with van der Waals surface area (Å²) in [4.78, 5) is 10.9. The maximum atomic E-state index is 10.9. The van der Waals surface area contributed by atoms with Crippen LogP contribution >= 0.6 is 0 Å². The van der Waals surface area contributed by atoms with E-state index >= 15 is 0 Å². The van der Waals surface area contributed by atoms with Crippen molar-refractivity contribution in [1.29, 1.82) is 0 Å². The van der Waals surface area contributed by atoms with Crippen LogP contribution in [0.2, 0.25) is 0 Å². The first-order chi connectivity index (χ1) is 5.72. The van der Waals surface area contributed by atoms with Crippen LogP contribution in [-0.2, 0) is 11.2 Å². The third-order valence-electron chi connectivity index (χ3n) is 1.47. The van der Waals surface area contributed by atoms with E-state index in [0.29, 0.717) is 12.1 Å². The lowest BCUT2D eigenvalue weighted by atomic mass is 10.2. The second kappa shape index (κ2) is 3.80. The fraction of sp³-hybridized carbons (Fsp3) is 0.375. The van der Waals surface area contributed by atoms with Gasteiger partial charge in [0.1, 0.15) is 0 Å². The smallest absolute Gasteiger partial charge is 0.225 e. The van der Waals surface area contributed by atoms with Crippen LogP contribution < -0.4 is 5.32 Å². The molecule has 1 amide bonds. The maximum Gasteiger partial charge on any atom is 0.225 e. The van der Waals surface area contributed by atoms with E-state index in [9.17, 15) is 4.79 Å². The molecule has 0 unspecified atom stereocenters. The van der Waals surface area contributed by atoms with Crippen molar-refractivity contribution in [3.8, 4) is 0 Å². The molecule has 0 aliphatic carbocycles. The summed E-state index contributed by atoms with van der Waals surface area (Å²) in [6.45, 7) is 1.86. The SMILES string of the molecule is CNC(=O)Cc1ccc(C)nn1. The molecule has 0 fully saturated rings. The average molecular weight is 165 g/mol. The van der Waals surface area contributed by atoms with Crippen molar-refractivity contribution in [2.24, 2.45) is 0 Å². The van der Waals surface area contributed by atoms with Crippen LogP contribution in [0.4, 0.5) is 0 Å². The van der Waals surface area contributed by atoms with Gasteiger partial charge in [-0.1, -0.05) is 0 Å². The number of hydrogen-bond acceptors (Lipinski definition) is 3. The van der Waals surface area contributed by atoms with Crippen LogP contribution in [0, 0.1) is 6.92 Å². The highest BCUT2D eigenvalue weighted by atomic mass is 16.1.